The largest absolute Gasteiger partial charge is 0.507 e. The van der Waals surface area contributed by atoms with Gasteiger partial charge in [-0.1, -0.05) is 71.4 Å². The Hall–Kier alpha value is -2.33. The van der Waals surface area contributed by atoms with Gasteiger partial charge in [-0.25, -0.2) is 4.79 Å². The number of carbonyl (C=O) groups excluding carboxylic acids is 1. The minimum absolute atomic E-state index is 0.268. The summed E-state index contributed by atoms with van der Waals surface area (Å²) in [4.78, 5) is 12.9. The third-order valence-electron chi connectivity index (χ3n) is 5.23. The SMILES string of the molecule is CCOC(=O)C(NCc1ccc(C)cc1)c1cc(C(C)(C)C)c(O)c(C(C)(C)C)c1. The summed E-state index contributed by atoms with van der Waals surface area (Å²) in [6, 6.07) is 11.5. The zero-order chi connectivity index (χ0) is 22.7. The number of phenolic OH excluding ortho intramolecular Hbond substituents is 1. The summed E-state index contributed by atoms with van der Waals surface area (Å²) in [6.45, 7) is 17.1. The number of aromatic hydroxyl groups is 1. The molecule has 0 heterocycles. The fourth-order valence-corrected chi connectivity index (χ4v) is 3.46. The molecule has 0 aliphatic rings. The van der Waals surface area contributed by atoms with Gasteiger partial charge in [-0.15, -0.1) is 0 Å². The lowest BCUT2D eigenvalue weighted by molar-refractivity contribution is -0.145. The van der Waals surface area contributed by atoms with Crippen LogP contribution in [0.25, 0.3) is 0 Å². The summed E-state index contributed by atoms with van der Waals surface area (Å²) in [6.07, 6.45) is 0. The summed E-state index contributed by atoms with van der Waals surface area (Å²) < 4.78 is 5.38. The Morgan fingerprint density at radius 3 is 1.93 bits per heavy atom. The molecule has 0 saturated carbocycles. The second-order valence-corrected chi connectivity index (χ2v) is 10.0. The van der Waals surface area contributed by atoms with Crippen molar-refractivity contribution in [3.8, 4) is 5.75 Å². The van der Waals surface area contributed by atoms with Gasteiger partial charge in [0.05, 0.1) is 6.61 Å². The van der Waals surface area contributed by atoms with E-state index >= 15 is 0 Å². The lowest BCUT2D eigenvalue weighted by Gasteiger charge is -2.29. The first-order valence-corrected chi connectivity index (χ1v) is 10.7. The van der Waals surface area contributed by atoms with Crippen molar-refractivity contribution in [1.29, 1.82) is 0 Å². The zero-order valence-corrected chi connectivity index (χ0v) is 19.7. The van der Waals surface area contributed by atoms with E-state index in [1.54, 1.807) is 0 Å². The highest BCUT2D eigenvalue weighted by Crippen LogP contribution is 2.41. The molecule has 0 aromatic heterocycles. The Morgan fingerprint density at radius 2 is 1.50 bits per heavy atom. The lowest BCUT2D eigenvalue weighted by Crippen LogP contribution is -2.31. The summed E-state index contributed by atoms with van der Waals surface area (Å²) in [5.41, 5.74) is 4.23. The van der Waals surface area contributed by atoms with Gasteiger partial charge in [-0.05, 0) is 59.1 Å². The monoisotopic (exact) mass is 411 g/mol. The van der Waals surface area contributed by atoms with Gasteiger partial charge in [0.15, 0.2) is 0 Å². The van der Waals surface area contributed by atoms with Crippen molar-refractivity contribution in [2.45, 2.75) is 78.8 Å². The number of aryl methyl sites for hydroxylation is 1. The van der Waals surface area contributed by atoms with E-state index in [9.17, 15) is 9.90 Å². The first-order valence-electron chi connectivity index (χ1n) is 10.7. The Labute approximate surface area is 181 Å². The van der Waals surface area contributed by atoms with Crippen molar-refractivity contribution in [2.24, 2.45) is 0 Å². The molecule has 4 heteroatoms. The fourth-order valence-electron chi connectivity index (χ4n) is 3.46. The summed E-state index contributed by atoms with van der Waals surface area (Å²) >= 11 is 0. The molecule has 1 atom stereocenters. The number of hydrogen-bond acceptors (Lipinski definition) is 4. The molecule has 2 aromatic carbocycles. The van der Waals surface area contributed by atoms with Gasteiger partial charge in [0.1, 0.15) is 11.8 Å². The third-order valence-corrected chi connectivity index (χ3v) is 5.23. The molecule has 2 N–H and O–H groups in total. The first kappa shape index (κ1) is 23.9. The summed E-state index contributed by atoms with van der Waals surface area (Å²) in [5.74, 6) is -0.00471. The van der Waals surface area contributed by atoms with Crippen LogP contribution in [0.4, 0.5) is 0 Å². The smallest absolute Gasteiger partial charge is 0.327 e. The quantitative estimate of drug-likeness (QED) is 0.600. The average molecular weight is 412 g/mol. The van der Waals surface area contributed by atoms with Crippen molar-refractivity contribution in [2.75, 3.05) is 6.61 Å². The van der Waals surface area contributed by atoms with Crippen molar-refractivity contribution in [3.05, 3.63) is 64.2 Å². The van der Waals surface area contributed by atoms with Crippen molar-refractivity contribution >= 4 is 5.97 Å². The molecule has 0 fully saturated rings. The van der Waals surface area contributed by atoms with Crippen LogP contribution in [-0.4, -0.2) is 17.7 Å². The predicted molar refractivity (Wildman–Crippen MR) is 123 cm³/mol. The molecule has 2 aromatic rings. The van der Waals surface area contributed by atoms with Crippen LogP contribution in [0, 0.1) is 6.92 Å². The lowest BCUT2D eigenvalue weighted by atomic mass is 9.77. The number of nitrogens with one attached hydrogen (secondary N) is 1. The van der Waals surface area contributed by atoms with Crippen LogP contribution in [0.2, 0.25) is 0 Å². The van der Waals surface area contributed by atoms with Gasteiger partial charge in [0.2, 0.25) is 0 Å². The molecule has 1 unspecified atom stereocenters. The standard InChI is InChI=1S/C26H37NO3/c1-9-30-24(29)22(27-16-18-12-10-17(2)11-13-18)19-14-20(25(3,4)5)23(28)21(15-19)26(6,7)8/h10-15,22,27-28H,9,16H2,1-8H3. The number of esters is 1. The number of carbonyl (C=O) groups is 1. The van der Waals surface area contributed by atoms with E-state index in [2.05, 4.69) is 78.0 Å². The molecule has 30 heavy (non-hydrogen) atoms. The molecule has 164 valence electrons. The van der Waals surface area contributed by atoms with Gasteiger partial charge < -0.3 is 9.84 Å². The van der Waals surface area contributed by atoms with E-state index in [1.165, 1.54) is 5.56 Å². The number of phenols is 1. The predicted octanol–water partition coefficient (Wildman–Crippen LogP) is 5.69. The highest BCUT2D eigenvalue weighted by Gasteiger charge is 2.30. The normalized spacial score (nSPS) is 13.2. The molecule has 0 saturated heterocycles. The number of hydrogen-bond donors (Lipinski definition) is 2. The minimum Gasteiger partial charge on any atom is -0.507 e. The van der Waals surface area contributed by atoms with Gasteiger partial charge in [0, 0.05) is 6.54 Å². The van der Waals surface area contributed by atoms with Crippen molar-refractivity contribution in [3.63, 3.8) is 0 Å². The summed E-state index contributed by atoms with van der Waals surface area (Å²) in [5, 5.41) is 14.4. The molecule has 4 nitrogen and oxygen atoms in total. The molecule has 0 amide bonds. The number of rotatable bonds is 6. The van der Waals surface area contributed by atoms with Crippen LogP contribution in [0.1, 0.15) is 82.3 Å². The molecule has 2 rings (SSSR count). The topological polar surface area (TPSA) is 58.6 Å². The highest BCUT2D eigenvalue weighted by atomic mass is 16.5. The minimum atomic E-state index is -0.617. The van der Waals surface area contributed by atoms with Crippen LogP contribution in [-0.2, 0) is 26.9 Å². The third kappa shape index (κ3) is 5.85. The maximum absolute atomic E-state index is 12.9. The number of benzene rings is 2. The van der Waals surface area contributed by atoms with Crippen LogP contribution in [0.3, 0.4) is 0 Å². The zero-order valence-electron chi connectivity index (χ0n) is 19.7. The van der Waals surface area contributed by atoms with Crippen molar-refractivity contribution in [1.82, 2.24) is 5.32 Å². The molecule has 0 aliphatic heterocycles. The van der Waals surface area contributed by atoms with Crippen LogP contribution < -0.4 is 5.32 Å². The van der Waals surface area contributed by atoms with E-state index in [4.69, 9.17) is 4.74 Å². The Bertz CT molecular complexity index is 836. The van der Waals surface area contributed by atoms with Gasteiger partial charge >= 0.3 is 5.97 Å². The highest BCUT2D eigenvalue weighted by molar-refractivity contribution is 5.78. The van der Waals surface area contributed by atoms with Gasteiger partial charge in [0.25, 0.3) is 0 Å². The molecule has 0 bridgehead atoms. The second kappa shape index (κ2) is 9.22. The molecular formula is C26H37NO3. The maximum atomic E-state index is 12.9. The Balaban J connectivity index is 2.53. The fraction of sp³-hybridized carbons (Fsp3) is 0.500. The van der Waals surface area contributed by atoms with Gasteiger partial charge in [-0.3, -0.25) is 5.32 Å². The maximum Gasteiger partial charge on any atom is 0.327 e. The van der Waals surface area contributed by atoms with E-state index < -0.39 is 6.04 Å². The number of ether oxygens (including phenoxy) is 1. The van der Waals surface area contributed by atoms with Crippen molar-refractivity contribution < 1.29 is 14.6 Å². The van der Waals surface area contributed by atoms with Crippen LogP contribution in [0.5, 0.6) is 5.75 Å². The molecular weight excluding hydrogens is 374 g/mol. The Kier molecular flexibility index (Phi) is 7.36. The van der Waals surface area contributed by atoms with E-state index in [0.717, 1.165) is 22.3 Å². The van der Waals surface area contributed by atoms with E-state index in [1.807, 2.05) is 19.1 Å². The molecule has 0 aliphatic carbocycles. The van der Waals surface area contributed by atoms with Crippen LogP contribution >= 0.6 is 0 Å². The van der Waals surface area contributed by atoms with Gasteiger partial charge in [-0.2, -0.15) is 0 Å². The van der Waals surface area contributed by atoms with E-state index in [-0.39, 0.29) is 16.8 Å². The molecule has 0 spiro atoms. The first-order chi connectivity index (χ1) is 13.8. The van der Waals surface area contributed by atoms with E-state index in [0.29, 0.717) is 18.9 Å². The molecule has 0 radical (unpaired) electrons. The van der Waals surface area contributed by atoms with Crippen LogP contribution in [0.15, 0.2) is 36.4 Å². The Morgan fingerprint density at radius 1 is 1.00 bits per heavy atom. The second-order valence-electron chi connectivity index (χ2n) is 10.0. The average Bonchev–Trinajstić information content (AvgIpc) is 2.62. The summed E-state index contributed by atoms with van der Waals surface area (Å²) in [7, 11) is 0.